The number of carbonyl (C=O) groups is 3. The summed E-state index contributed by atoms with van der Waals surface area (Å²) in [5.74, 6) is -2.15. The second-order valence-electron chi connectivity index (χ2n) is 5.68. The fourth-order valence-corrected chi connectivity index (χ4v) is 2.29. The van der Waals surface area contributed by atoms with Gasteiger partial charge in [-0.05, 0) is 31.3 Å². The fraction of sp³-hybridized carbons (Fsp3) is 0.786. The van der Waals surface area contributed by atoms with Crippen molar-refractivity contribution in [3.8, 4) is 0 Å². The maximum absolute atomic E-state index is 12.2. The summed E-state index contributed by atoms with van der Waals surface area (Å²) in [6.07, 6.45) is 1.13. The Morgan fingerprint density at radius 2 is 1.61 bits per heavy atom. The summed E-state index contributed by atoms with van der Waals surface area (Å²) < 4.78 is 0. The molecule has 0 aromatic heterocycles. The number of hydrogen-bond donors (Lipinski definition) is 5. The molecular formula is C14H27N3O5S. The van der Waals surface area contributed by atoms with Crippen molar-refractivity contribution in [2.75, 3.05) is 12.0 Å². The highest BCUT2D eigenvalue weighted by atomic mass is 32.2. The van der Waals surface area contributed by atoms with Crippen LogP contribution in [0.2, 0.25) is 0 Å². The van der Waals surface area contributed by atoms with Crippen LogP contribution in [-0.2, 0) is 14.4 Å². The predicted molar refractivity (Wildman–Crippen MR) is 89.0 cm³/mol. The third kappa shape index (κ3) is 7.67. The van der Waals surface area contributed by atoms with Crippen molar-refractivity contribution in [1.29, 1.82) is 0 Å². The molecule has 0 aliphatic carbocycles. The Hall–Kier alpha value is -1.32. The minimum Gasteiger partial charge on any atom is -0.480 e. The van der Waals surface area contributed by atoms with Gasteiger partial charge in [0.25, 0.3) is 0 Å². The Balaban J connectivity index is 4.87. The Kier molecular flexibility index (Phi) is 9.85. The average molecular weight is 349 g/mol. The molecule has 0 aliphatic rings. The van der Waals surface area contributed by atoms with Crippen LogP contribution in [0.1, 0.15) is 27.2 Å². The Labute approximate surface area is 140 Å². The zero-order valence-corrected chi connectivity index (χ0v) is 14.7. The second-order valence-corrected chi connectivity index (χ2v) is 6.67. The molecule has 8 nitrogen and oxygen atoms in total. The summed E-state index contributed by atoms with van der Waals surface area (Å²) in [5, 5.41) is 23.5. The molecule has 23 heavy (non-hydrogen) atoms. The van der Waals surface area contributed by atoms with E-state index in [9.17, 15) is 19.5 Å². The van der Waals surface area contributed by atoms with Gasteiger partial charge < -0.3 is 26.6 Å². The molecule has 6 N–H and O–H groups in total. The second kappa shape index (κ2) is 10.5. The van der Waals surface area contributed by atoms with Crippen molar-refractivity contribution in [1.82, 2.24) is 10.6 Å². The maximum Gasteiger partial charge on any atom is 0.326 e. The first kappa shape index (κ1) is 21.7. The highest BCUT2D eigenvalue weighted by Crippen LogP contribution is 2.05. The normalized spacial score (nSPS) is 16.3. The van der Waals surface area contributed by atoms with E-state index in [2.05, 4.69) is 10.6 Å². The van der Waals surface area contributed by atoms with Crippen LogP contribution < -0.4 is 16.4 Å². The van der Waals surface area contributed by atoms with Gasteiger partial charge in [0.2, 0.25) is 11.8 Å². The third-order valence-corrected chi connectivity index (χ3v) is 3.91. The lowest BCUT2D eigenvalue weighted by molar-refractivity contribution is -0.144. The molecule has 0 radical (unpaired) electrons. The van der Waals surface area contributed by atoms with E-state index in [0.29, 0.717) is 12.2 Å². The summed E-state index contributed by atoms with van der Waals surface area (Å²) in [6.45, 7) is 4.63. The van der Waals surface area contributed by atoms with Gasteiger partial charge >= 0.3 is 5.97 Å². The van der Waals surface area contributed by atoms with Gasteiger partial charge in [0.05, 0.1) is 12.1 Å². The first-order valence-electron chi connectivity index (χ1n) is 7.37. The number of carboxylic acids is 1. The molecule has 4 atom stereocenters. The number of aliphatic carboxylic acids is 1. The van der Waals surface area contributed by atoms with Gasteiger partial charge in [-0.15, -0.1) is 0 Å². The SMILES string of the molecule is CSCCC(N)C(=O)NC(C(=O)NC(C(=O)O)C(C)C)C(C)O. The highest BCUT2D eigenvalue weighted by Gasteiger charge is 2.31. The van der Waals surface area contributed by atoms with Crippen LogP contribution in [-0.4, -0.2) is 64.2 Å². The molecule has 134 valence electrons. The molecule has 2 amide bonds. The monoisotopic (exact) mass is 349 g/mol. The van der Waals surface area contributed by atoms with Crippen LogP contribution in [0, 0.1) is 5.92 Å². The molecule has 0 rings (SSSR count). The average Bonchev–Trinajstić information content (AvgIpc) is 2.45. The predicted octanol–water partition coefficient (Wildman–Crippen LogP) is -0.842. The Morgan fingerprint density at radius 3 is 2.00 bits per heavy atom. The topological polar surface area (TPSA) is 142 Å². The number of hydrogen-bond acceptors (Lipinski definition) is 6. The molecule has 4 unspecified atom stereocenters. The number of aliphatic hydroxyl groups is 1. The minimum absolute atomic E-state index is 0.342. The van der Waals surface area contributed by atoms with Crippen molar-refractivity contribution >= 4 is 29.5 Å². The van der Waals surface area contributed by atoms with E-state index in [-0.39, 0.29) is 5.92 Å². The van der Waals surface area contributed by atoms with E-state index in [1.165, 1.54) is 18.7 Å². The summed E-state index contributed by atoms with van der Waals surface area (Å²) in [5.41, 5.74) is 5.72. The molecule has 0 saturated heterocycles. The van der Waals surface area contributed by atoms with E-state index in [4.69, 9.17) is 10.8 Å². The molecule has 0 aromatic rings. The quantitative estimate of drug-likeness (QED) is 0.346. The summed E-state index contributed by atoms with van der Waals surface area (Å²) in [7, 11) is 0. The smallest absolute Gasteiger partial charge is 0.326 e. The molecule has 0 spiro atoms. The number of nitrogens with two attached hydrogens (primary N) is 1. The summed E-state index contributed by atoms with van der Waals surface area (Å²) in [4.78, 5) is 35.3. The zero-order valence-electron chi connectivity index (χ0n) is 13.9. The van der Waals surface area contributed by atoms with Crippen LogP contribution in [0.25, 0.3) is 0 Å². The lowest BCUT2D eigenvalue weighted by Crippen LogP contribution is -2.58. The largest absolute Gasteiger partial charge is 0.480 e. The first-order valence-corrected chi connectivity index (χ1v) is 8.77. The zero-order chi connectivity index (χ0) is 18.2. The number of nitrogens with one attached hydrogen (secondary N) is 2. The van der Waals surface area contributed by atoms with Crippen LogP contribution >= 0.6 is 11.8 Å². The number of amides is 2. The van der Waals surface area contributed by atoms with Crippen LogP contribution in [0.15, 0.2) is 0 Å². The number of aliphatic hydroxyl groups excluding tert-OH is 1. The Morgan fingerprint density at radius 1 is 1.09 bits per heavy atom. The Bertz CT molecular complexity index is 417. The van der Waals surface area contributed by atoms with Crippen molar-refractivity contribution in [2.24, 2.45) is 11.7 Å². The first-order chi connectivity index (χ1) is 10.6. The summed E-state index contributed by atoms with van der Waals surface area (Å²) in [6, 6.07) is -3.16. The van der Waals surface area contributed by atoms with Crippen molar-refractivity contribution in [2.45, 2.75) is 51.4 Å². The molecule has 0 heterocycles. The number of carboxylic acid groups (broad SMARTS) is 1. The lowest BCUT2D eigenvalue weighted by Gasteiger charge is -2.25. The van der Waals surface area contributed by atoms with Crippen molar-refractivity contribution in [3.63, 3.8) is 0 Å². The van der Waals surface area contributed by atoms with Crippen molar-refractivity contribution < 1.29 is 24.6 Å². The molecule has 9 heteroatoms. The minimum atomic E-state index is -1.26. The molecule has 0 fully saturated rings. The van der Waals surface area contributed by atoms with Gasteiger partial charge in [-0.3, -0.25) is 9.59 Å². The number of carbonyl (C=O) groups excluding carboxylic acids is 2. The van der Waals surface area contributed by atoms with Crippen molar-refractivity contribution in [3.05, 3.63) is 0 Å². The maximum atomic E-state index is 12.2. The summed E-state index contributed by atoms with van der Waals surface area (Å²) >= 11 is 1.54. The number of thioether (sulfide) groups is 1. The molecule has 0 aliphatic heterocycles. The molecule has 0 bridgehead atoms. The van der Waals surface area contributed by atoms with Gasteiger partial charge in [0.15, 0.2) is 0 Å². The third-order valence-electron chi connectivity index (χ3n) is 3.26. The molecular weight excluding hydrogens is 322 g/mol. The van der Waals surface area contributed by atoms with E-state index < -0.39 is 42.0 Å². The van der Waals surface area contributed by atoms with Gasteiger partial charge in [-0.25, -0.2) is 4.79 Å². The van der Waals surface area contributed by atoms with Gasteiger partial charge in [-0.1, -0.05) is 13.8 Å². The van der Waals surface area contributed by atoms with Crippen LogP contribution in [0.4, 0.5) is 0 Å². The lowest BCUT2D eigenvalue weighted by atomic mass is 10.0. The highest BCUT2D eigenvalue weighted by molar-refractivity contribution is 7.98. The van der Waals surface area contributed by atoms with Gasteiger partial charge in [0, 0.05) is 0 Å². The van der Waals surface area contributed by atoms with E-state index in [1.54, 1.807) is 13.8 Å². The van der Waals surface area contributed by atoms with E-state index in [0.717, 1.165) is 0 Å². The van der Waals surface area contributed by atoms with E-state index >= 15 is 0 Å². The number of rotatable bonds is 10. The molecule has 0 saturated carbocycles. The molecule has 0 aromatic carbocycles. The van der Waals surface area contributed by atoms with Gasteiger partial charge in [-0.2, -0.15) is 11.8 Å². The fourth-order valence-electron chi connectivity index (χ4n) is 1.80. The standard InChI is InChI=1S/C14H27N3O5S/c1-7(2)10(14(21)22)16-13(20)11(8(3)18)17-12(19)9(15)5-6-23-4/h7-11,18H,5-6,15H2,1-4H3,(H,16,20)(H,17,19)(H,21,22). The van der Waals surface area contributed by atoms with E-state index in [1.807, 2.05) is 6.26 Å². The van der Waals surface area contributed by atoms with Gasteiger partial charge in [0.1, 0.15) is 12.1 Å². The van der Waals surface area contributed by atoms with Crippen LogP contribution in [0.3, 0.4) is 0 Å². The van der Waals surface area contributed by atoms with Crippen LogP contribution in [0.5, 0.6) is 0 Å².